The van der Waals surface area contributed by atoms with Crippen molar-refractivity contribution in [3.05, 3.63) is 34.9 Å². The molecule has 1 unspecified atom stereocenters. The Kier molecular flexibility index (Phi) is 9.74. The molecule has 174 valence electrons. The van der Waals surface area contributed by atoms with Crippen LogP contribution >= 0.6 is 35.6 Å². The molecule has 0 aliphatic carbocycles. The van der Waals surface area contributed by atoms with Crippen LogP contribution in [-0.4, -0.2) is 75.3 Å². The molecule has 0 bridgehead atoms. The zero-order chi connectivity index (χ0) is 20.8. The molecule has 0 radical (unpaired) electrons. The molecular formula is C24H38ClIN4O. The molecule has 1 N–H and O–H groups in total. The summed E-state index contributed by atoms with van der Waals surface area (Å²) in [6.45, 7) is 8.44. The summed E-state index contributed by atoms with van der Waals surface area (Å²) in [6.07, 6.45) is 7.38. The first-order valence-electron chi connectivity index (χ1n) is 11.7. The first kappa shape index (κ1) is 25.1. The Hall–Kier alpha value is -0.570. The van der Waals surface area contributed by atoms with E-state index < -0.39 is 0 Å². The smallest absolute Gasteiger partial charge is 0.193 e. The van der Waals surface area contributed by atoms with Gasteiger partial charge < -0.3 is 19.9 Å². The zero-order valence-corrected chi connectivity index (χ0v) is 21.9. The molecule has 3 heterocycles. The van der Waals surface area contributed by atoms with Crippen LogP contribution in [0.4, 0.5) is 0 Å². The summed E-state index contributed by atoms with van der Waals surface area (Å²) < 4.78 is 5.69. The first-order valence-corrected chi connectivity index (χ1v) is 12.1. The Morgan fingerprint density at radius 2 is 1.90 bits per heavy atom. The van der Waals surface area contributed by atoms with Crippen LogP contribution in [0.2, 0.25) is 5.02 Å². The fourth-order valence-electron chi connectivity index (χ4n) is 5.46. The normalized spacial score (nSPS) is 24.6. The van der Waals surface area contributed by atoms with E-state index >= 15 is 0 Å². The molecule has 0 aromatic heterocycles. The molecule has 0 saturated carbocycles. The third-order valence-electron chi connectivity index (χ3n) is 7.24. The Bertz CT molecular complexity index is 719. The van der Waals surface area contributed by atoms with Crippen LogP contribution in [0.25, 0.3) is 0 Å². The number of rotatable bonds is 5. The number of ether oxygens (including phenoxy) is 1. The van der Waals surface area contributed by atoms with E-state index in [2.05, 4.69) is 32.2 Å². The molecule has 3 aliphatic heterocycles. The van der Waals surface area contributed by atoms with E-state index in [0.29, 0.717) is 0 Å². The molecule has 1 aromatic carbocycles. The van der Waals surface area contributed by atoms with Crippen molar-refractivity contribution in [1.82, 2.24) is 15.1 Å². The van der Waals surface area contributed by atoms with E-state index in [1.807, 2.05) is 19.2 Å². The predicted octanol–water partition coefficient (Wildman–Crippen LogP) is 4.39. The minimum Gasteiger partial charge on any atom is -0.381 e. The molecule has 1 atom stereocenters. The number of halogens is 2. The average molecular weight is 561 g/mol. The van der Waals surface area contributed by atoms with Crippen LogP contribution in [0, 0.1) is 5.92 Å². The molecule has 3 aliphatic rings. The second-order valence-electron chi connectivity index (χ2n) is 9.24. The number of hydrogen-bond donors (Lipinski definition) is 1. The van der Waals surface area contributed by atoms with Gasteiger partial charge in [0, 0.05) is 56.9 Å². The van der Waals surface area contributed by atoms with E-state index in [1.54, 1.807) is 0 Å². The van der Waals surface area contributed by atoms with E-state index in [1.165, 1.54) is 50.9 Å². The number of nitrogens with zero attached hydrogens (tertiary/aromatic N) is 3. The molecular weight excluding hydrogens is 523 g/mol. The lowest BCUT2D eigenvalue weighted by Gasteiger charge is -2.39. The zero-order valence-electron chi connectivity index (χ0n) is 18.8. The molecule has 0 amide bonds. The highest BCUT2D eigenvalue weighted by Gasteiger charge is 2.37. The standard InChI is InChI=1S/C24H37ClN4O.HI/c1-26-23(29-14-9-20(18-29)17-28-12-5-2-6-13-28)27-19-24(10-15-30-16-11-24)21-7-3-4-8-22(21)25;/h3-4,7-8,20H,2,5-6,9-19H2,1H3,(H,26,27);1H. The first-order chi connectivity index (χ1) is 14.7. The monoisotopic (exact) mass is 560 g/mol. The van der Waals surface area contributed by atoms with Gasteiger partial charge in [-0.2, -0.15) is 0 Å². The summed E-state index contributed by atoms with van der Waals surface area (Å²) in [5.74, 6) is 1.79. The van der Waals surface area contributed by atoms with Crippen LogP contribution in [0.3, 0.4) is 0 Å². The predicted molar refractivity (Wildman–Crippen MR) is 140 cm³/mol. The topological polar surface area (TPSA) is 40.1 Å². The number of nitrogens with one attached hydrogen (secondary N) is 1. The second kappa shape index (κ2) is 12.1. The van der Waals surface area contributed by atoms with E-state index in [9.17, 15) is 0 Å². The van der Waals surface area contributed by atoms with E-state index in [-0.39, 0.29) is 29.4 Å². The lowest BCUT2D eigenvalue weighted by atomic mass is 9.74. The minimum absolute atomic E-state index is 0. The summed E-state index contributed by atoms with van der Waals surface area (Å²) in [4.78, 5) is 9.76. The summed E-state index contributed by atoms with van der Waals surface area (Å²) >= 11 is 6.62. The lowest BCUT2D eigenvalue weighted by molar-refractivity contribution is 0.0512. The third-order valence-corrected chi connectivity index (χ3v) is 7.57. The number of hydrogen-bond acceptors (Lipinski definition) is 3. The number of guanidine groups is 1. The van der Waals surface area contributed by atoms with Gasteiger partial charge in [-0.05, 0) is 62.7 Å². The molecule has 3 fully saturated rings. The van der Waals surface area contributed by atoms with Crippen molar-refractivity contribution in [2.45, 2.75) is 43.9 Å². The van der Waals surface area contributed by atoms with Gasteiger partial charge in [-0.15, -0.1) is 24.0 Å². The number of benzene rings is 1. The van der Waals surface area contributed by atoms with Gasteiger partial charge in [-0.1, -0.05) is 36.2 Å². The van der Waals surface area contributed by atoms with Gasteiger partial charge in [-0.3, -0.25) is 4.99 Å². The fraction of sp³-hybridized carbons (Fsp3) is 0.708. The van der Waals surface area contributed by atoms with Crippen LogP contribution in [-0.2, 0) is 10.2 Å². The van der Waals surface area contributed by atoms with Crippen LogP contribution in [0.15, 0.2) is 29.3 Å². The third kappa shape index (κ3) is 6.27. The largest absolute Gasteiger partial charge is 0.381 e. The lowest BCUT2D eigenvalue weighted by Crippen LogP contribution is -2.49. The Morgan fingerprint density at radius 3 is 2.61 bits per heavy atom. The maximum atomic E-state index is 6.62. The van der Waals surface area contributed by atoms with Crippen molar-refractivity contribution in [1.29, 1.82) is 0 Å². The Labute approximate surface area is 210 Å². The summed E-state index contributed by atoms with van der Waals surface area (Å²) in [7, 11) is 1.91. The van der Waals surface area contributed by atoms with Crippen molar-refractivity contribution >= 4 is 41.5 Å². The molecule has 1 aromatic rings. The van der Waals surface area contributed by atoms with Gasteiger partial charge in [0.2, 0.25) is 0 Å². The summed E-state index contributed by atoms with van der Waals surface area (Å²) in [6, 6.07) is 8.30. The van der Waals surface area contributed by atoms with Crippen molar-refractivity contribution < 1.29 is 4.74 Å². The fourth-order valence-corrected chi connectivity index (χ4v) is 5.79. The van der Waals surface area contributed by atoms with Crippen LogP contribution in [0.1, 0.15) is 44.1 Å². The number of aliphatic imine (C=N–C) groups is 1. The average Bonchev–Trinajstić information content (AvgIpc) is 3.24. The number of likely N-dealkylation sites (tertiary alicyclic amines) is 2. The highest BCUT2D eigenvalue weighted by molar-refractivity contribution is 14.0. The minimum atomic E-state index is -0.000536. The Balaban J connectivity index is 0.00000272. The highest BCUT2D eigenvalue weighted by atomic mass is 127. The van der Waals surface area contributed by atoms with Gasteiger partial charge >= 0.3 is 0 Å². The van der Waals surface area contributed by atoms with Crippen LogP contribution in [0.5, 0.6) is 0 Å². The van der Waals surface area contributed by atoms with Gasteiger partial charge in [0.25, 0.3) is 0 Å². The summed E-state index contributed by atoms with van der Waals surface area (Å²) in [5.41, 5.74) is 1.24. The van der Waals surface area contributed by atoms with Gasteiger partial charge in [0.15, 0.2) is 5.96 Å². The van der Waals surface area contributed by atoms with Gasteiger partial charge in [-0.25, -0.2) is 0 Å². The van der Waals surface area contributed by atoms with Crippen molar-refractivity contribution in [2.75, 3.05) is 59.5 Å². The van der Waals surface area contributed by atoms with Crippen LogP contribution < -0.4 is 5.32 Å². The molecule has 31 heavy (non-hydrogen) atoms. The molecule has 3 saturated heterocycles. The van der Waals surface area contributed by atoms with Crippen molar-refractivity contribution in [2.24, 2.45) is 10.9 Å². The van der Waals surface area contributed by atoms with Gasteiger partial charge in [0.05, 0.1) is 0 Å². The SMILES string of the molecule is CN=C(NCC1(c2ccccc2Cl)CCOCC1)N1CCC(CN2CCCCC2)C1.I. The van der Waals surface area contributed by atoms with Gasteiger partial charge in [0.1, 0.15) is 0 Å². The molecule has 5 nitrogen and oxygen atoms in total. The highest BCUT2D eigenvalue weighted by Crippen LogP contribution is 2.38. The summed E-state index contributed by atoms with van der Waals surface area (Å²) in [5, 5.41) is 4.58. The van der Waals surface area contributed by atoms with E-state index in [0.717, 1.165) is 62.6 Å². The maximum Gasteiger partial charge on any atom is 0.193 e. The maximum absolute atomic E-state index is 6.62. The number of piperidine rings is 1. The van der Waals surface area contributed by atoms with Crippen molar-refractivity contribution in [3.63, 3.8) is 0 Å². The van der Waals surface area contributed by atoms with E-state index in [4.69, 9.17) is 16.3 Å². The van der Waals surface area contributed by atoms with Crippen molar-refractivity contribution in [3.8, 4) is 0 Å². The molecule has 7 heteroatoms. The quantitative estimate of drug-likeness (QED) is 0.330. The molecule has 0 spiro atoms. The second-order valence-corrected chi connectivity index (χ2v) is 9.64. The molecule has 4 rings (SSSR count). The Morgan fingerprint density at radius 1 is 1.16 bits per heavy atom.